The van der Waals surface area contributed by atoms with Gasteiger partial charge < -0.3 is 10.5 Å². The van der Waals surface area contributed by atoms with Crippen molar-refractivity contribution in [2.45, 2.75) is 57.9 Å². The molecule has 21 heavy (non-hydrogen) atoms. The largest absolute Gasteiger partial charge is 0.494 e. The summed E-state index contributed by atoms with van der Waals surface area (Å²) in [5, 5.41) is 0. The van der Waals surface area contributed by atoms with E-state index in [1.165, 1.54) is 58.1 Å². The monoisotopic (exact) mass is 293 g/mol. The average Bonchev–Trinajstić information content (AvgIpc) is 2.52. The van der Waals surface area contributed by atoms with Gasteiger partial charge in [0.05, 0.1) is 7.11 Å². The van der Waals surface area contributed by atoms with Crippen molar-refractivity contribution in [3.63, 3.8) is 0 Å². The number of rotatable bonds is 6. The Bertz CT molecular complexity index is 441. The first-order valence-corrected chi connectivity index (χ1v) is 8.24. The summed E-state index contributed by atoms with van der Waals surface area (Å²) in [5.74, 6) is 1.33. The molecule has 1 fully saturated rings. The van der Waals surface area contributed by atoms with Crippen LogP contribution in [0.1, 0.15) is 63.5 Å². The predicted octanol–water partition coefficient (Wildman–Crippen LogP) is 4.83. The summed E-state index contributed by atoms with van der Waals surface area (Å²) < 4.78 is 18.8. The summed E-state index contributed by atoms with van der Waals surface area (Å²) in [7, 11) is 1.48. The Morgan fingerprint density at radius 2 is 2.00 bits per heavy atom. The molecule has 0 saturated heterocycles. The molecule has 0 amide bonds. The molecular weight excluding hydrogens is 265 g/mol. The van der Waals surface area contributed by atoms with Crippen LogP contribution in [0.25, 0.3) is 0 Å². The van der Waals surface area contributed by atoms with Crippen LogP contribution in [0.2, 0.25) is 0 Å². The van der Waals surface area contributed by atoms with Gasteiger partial charge in [0.25, 0.3) is 0 Å². The van der Waals surface area contributed by atoms with Gasteiger partial charge in [-0.15, -0.1) is 0 Å². The zero-order valence-electron chi connectivity index (χ0n) is 13.3. The molecule has 0 bridgehead atoms. The van der Waals surface area contributed by atoms with Gasteiger partial charge in [-0.05, 0) is 42.4 Å². The molecule has 0 heterocycles. The molecule has 1 aromatic rings. The molecular formula is C18H28FNO. The standard InChI is InChI=1S/C18H28FNO/c1-3-4-5-13-6-8-14(9-7-13)18(20)15-10-11-17(21-2)16(19)12-15/h10-14,18H,3-9,20H2,1-2H3. The normalized spacial score (nSPS) is 23.8. The molecule has 1 aliphatic carbocycles. The highest BCUT2D eigenvalue weighted by Crippen LogP contribution is 2.38. The molecule has 0 aromatic heterocycles. The maximum atomic E-state index is 13.8. The minimum Gasteiger partial charge on any atom is -0.494 e. The van der Waals surface area contributed by atoms with Gasteiger partial charge in [0, 0.05) is 6.04 Å². The van der Waals surface area contributed by atoms with E-state index in [1.54, 1.807) is 6.07 Å². The van der Waals surface area contributed by atoms with Crippen molar-refractivity contribution in [2.24, 2.45) is 17.6 Å². The Morgan fingerprint density at radius 1 is 1.29 bits per heavy atom. The molecule has 3 heteroatoms. The maximum absolute atomic E-state index is 13.8. The summed E-state index contributed by atoms with van der Waals surface area (Å²) in [6, 6.07) is 5.05. The molecule has 2 N–H and O–H groups in total. The van der Waals surface area contributed by atoms with Crippen molar-refractivity contribution < 1.29 is 9.13 Å². The van der Waals surface area contributed by atoms with Gasteiger partial charge in [0.2, 0.25) is 0 Å². The first kappa shape index (κ1) is 16.3. The Morgan fingerprint density at radius 3 is 2.57 bits per heavy atom. The summed E-state index contributed by atoms with van der Waals surface area (Å²) in [6.45, 7) is 2.25. The van der Waals surface area contributed by atoms with Gasteiger partial charge in [-0.2, -0.15) is 0 Å². The number of benzene rings is 1. The third-order valence-electron chi connectivity index (χ3n) is 4.93. The SMILES string of the molecule is CCCCC1CCC(C(N)c2ccc(OC)c(F)c2)CC1. The zero-order chi connectivity index (χ0) is 15.2. The minimum absolute atomic E-state index is 0.0578. The van der Waals surface area contributed by atoms with E-state index in [-0.39, 0.29) is 17.6 Å². The summed E-state index contributed by atoms with van der Waals surface area (Å²) in [5.41, 5.74) is 7.26. The second-order valence-corrected chi connectivity index (χ2v) is 6.34. The predicted molar refractivity (Wildman–Crippen MR) is 84.9 cm³/mol. The zero-order valence-corrected chi connectivity index (χ0v) is 13.3. The van der Waals surface area contributed by atoms with Crippen LogP contribution in [0.5, 0.6) is 5.75 Å². The highest BCUT2D eigenvalue weighted by molar-refractivity contribution is 5.31. The van der Waals surface area contributed by atoms with Crippen molar-refractivity contribution in [2.75, 3.05) is 7.11 Å². The van der Waals surface area contributed by atoms with Crippen LogP contribution in [-0.2, 0) is 0 Å². The molecule has 0 spiro atoms. The average molecular weight is 293 g/mol. The van der Waals surface area contributed by atoms with Crippen LogP contribution in [0.15, 0.2) is 18.2 Å². The fourth-order valence-electron chi connectivity index (χ4n) is 3.49. The molecule has 118 valence electrons. The number of nitrogens with two attached hydrogens (primary N) is 1. The van der Waals surface area contributed by atoms with Crippen molar-refractivity contribution in [1.82, 2.24) is 0 Å². The summed E-state index contributed by atoms with van der Waals surface area (Å²) >= 11 is 0. The van der Waals surface area contributed by atoms with E-state index >= 15 is 0 Å². The lowest BCUT2D eigenvalue weighted by Gasteiger charge is -2.32. The third kappa shape index (κ3) is 4.19. The van der Waals surface area contributed by atoms with Crippen LogP contribution in [0.4, 0.5) is 4.39 Å². The molecule has 0 radical (unpaired) electrons. The Labute approximate surface area is 127 Å². The van der Waals surface area contributed by atoms with Crippen LogP contribution < -0.4 is 10.5 Å². The molecule has 1 saturated carbocycles. The van der Waals surface area contributed by atoms with Crippen LogP contribution in [-0.4, -0.2) is 7.11 Å². The first-order valence-electron chi connectivity index (χ1n) is 8.24. The van der Waals surface area contributed by atoms with Crippen LogP contribution >= 0.6 is 0 Å². The maximum Gasteiger partial charge on any atom is 0.165 e. The quantitative estimate of drug-likeness (QED) is 0.815. The van der Waals surface area contributed by atoms with E-state index in [2.05, 4.69) is 6.92 Å². The smallest absolute Gasteiger partial charge is 0.165 e. The van der Waals surface area contributed by atoms with Gasteiger partial charge in [0.1, 0.15) is 0 Å². The fourth-order valence-corrected chi connectivity index (χ4v) is 3.49. The molecule has 1 aliphatic rings. The molecule has 2 rings (SSSR count). The Kier molecular flexibility index (Phi) is 6.04. The highest BCUT2D eigenvalue weighted by atomic mass is 19.1. The topological polar surface area (TPSA) is 35.2 Å². The molecule has 1 unspecified atom stereocenters. The lowest BCUT2D eigenvalue weighted by atomic mass is 9.75. The van der Waals surface area contributed by atoms with Gasteiger partial charge in [-0.3, -0.25) is 0 Å². The summed E-state index contributed by atoms with van der Waals surface area (Å²) in [4.78, 5) is 0. The molecule has 2 nitrogen and oxygen atoms in total. The van der Waals surface area contributed by atoms with Crippen molar-refractivity contribution >= 4 is 0 Å². The van der Waals surface area contributed by atoms with E-state index in [1.807, 2.05) is 6.07 Å². The number of unbranched alkanes of at least 4 members (excludes halogenated alkanes) is 1. The molecule has 0 aliphatic heterocycles. The van der Waals surface area contributed by atoms with Crippen LogP contribution in [0, 0.1) is 17.7 Å². The van der Waals surface area contributed by atoms with E-state index in [9.17, 15) is 4.39 Å². The molecule has 1 atom stereocenters. The van der Waals surface area contributed by atoms with Crippen molar-refractivity contribution in [1.29, 1.82) is 0 Å². The first-order chi connectivity index (χ1) is 10.2. The van der Waals surface area contributed by atoms with Gasteiger partial charge >= 0.3 is 0 Å². The van der Waals surface area contributed by atoms with Crippen molar-refractivity contribution in [3.05, 3.63) is 29.6 Å². The lowest BCUT2D eigenvalue weighted by molar-refractivity contribution is 0.232. The van der Waals surface area contributed by atoms with E-state index in [4.69, 9.17) is 10.5 Å². The van der Waals surface area contributed by atoms with Crippen molar-refractivity contribution in [3.8, 4) is 5.75 Å². The third-order valence-corrected chi connectivity index (χ3v) is 4.93. The summed E-state index contributed by atoms with van der Waals surface area (Å²) in [6.07, 6.45) is 8.87. The highest BCUT2D eigenvalue weighted by Gasteiger charge is 2.26. The number of methoxy groups -OCH3 is 1. The number of ether oxygens (including phenoxy) is 1. The minimum atomic E-state index is -0.318. The fraction of sp³-hybridized carbons (Fsp3) is 0.667. The van der Waals surface area contributed by atoms with Crippen LogP contribution in [0.3, 0.4) is 0 Å². The molecule has 1 aromatic carbocycles. The van der Waals surface area contributed by atoms with E-state index in [0.29, 0.717) is 5.92 Å². The van der Waals surface area contributed by atoms with E-state index < -0.39 is 0 Å². The lowest BCUT2D eigenvalue weighted by Crippen LogP contribution is -2.26. The van der Waals surface area contributed by atoms with Gasteiger partial charge in [-0.1, -0.05) is 45.1 Å². The van der Waals surface area contributed by atoms with E-state index in [0.717, 1.165) is 11.5 Å². The van der Waals surface area contributed by atoms with Gasteiger partial charge in [-0.25, -0.2) is 4.39 Å². The Balaban J connectivity index is 1.92. The van der Waals surface area contributed by atoms with Gasteiger partial charge in [0.15, 0.2) is 11.6 Å². The second-order valence-electron chi connectivity index (χ2n) is 6.34. The number of hydrogen-bond acceptors (Lipinski definition) is 2. The second kappa shape index (κ2) is 7.79. The number of hydrogen-bond donors (Lipinski definition) is 1. The Hall–Kier alpha value is -1.09. The number of halogens is 1.